The number of benzene rings is 2. The molecule has 4 rings (SSSR count). The van der Waals surface area contributed by atoms with Gasteiger partial charge in [0.25, 0.3) is 5.56 Å². The van der Waals surface area contributed by atoms with Crippen LogP contribution >= 0.6 is 35.1 Å². The lowest BCUT2D eigenvalue weighted by Gasteiger charge is -2.14. The zero-order valence-electron chi connectivity index (χ0n) is 17.2. The van der Waals surface area contributed by atoms with Gasteiger partial charge in [0.2, 0.25) is 5.91 Å². The maximum absolute atomic E-state index is 13.4. The van der Waals surface area contributed by atoms with Crippen LogP contribution in [0.2, 0.25) is 5.02 Å². The fourth-order valence-corrected chi connectivity index (χ4v) is 5.41. The second-order valence-electron chi connectivity index (χ2n) is 7.10. The Hall–Kier alpha value is -2.49. The summed E-state index contributed by atoms with van der Waals surface area (Å²) < 4.78 is 20.1. The van der Waals surface area contributed by atoms with Crippen LogP contribution in [-0.4, -0.2) is 33.6 Å². The Morgan fingerprint density at radius 2 is 2.09 bits per heavy atom. The van der Waals surface area contributed by atoms with Crippen LogP contribution in [0, 0.1) is 5.82 Å². The van der Waals surface area contributed by atoms with Gasteiger partial charge in [-0.05, 0) is 42.5 Å². The van der Waals surface area contributed by atoms with Gasteiger partial charge in [-0.15, -0.1) is 11.8 Å². The van der Waals surface area contributed by atoms with E-state index in [1.54, 1.807) is 18.2 Å². The van der Waals surface area contributed by atoms with E-state index in [1.807, 2.05) is 6.92 Å². The Balaban J connectivity index is 1.62. The second kappa shape index (κ2) is 9.56. The third kappa shape index (κ3) is 4.79. The van der Waals surface area contributed by atoms with Crippen LogP contribution in [0.25, 0.3) is 5.69 Å². The number of hydrogen-bond acceptors (Lipinski definition) is 6. The summed E-state index contributed by atoms with van der Waals surface area (Å²) >= 11 is 8.64. The Morgan fingerprint density at radius 1 is 1.34 bits per heavy atom. The van der Waals surface area contributed by atoms with E-state index in [0.717, 1.165) is 17.5 Å². The molecule has 0 saturated heterocycles. The van der Waals surface area contributed by atoms with Gasteiger partial charge in [0.05, 0.1) is 34.8 Å². The molecule has 0 saturated carbocycles. The SMILES string of the molecule is COc1ccc(Cl)cc1NC(=O)CSc1nc2c(c(=O)n1-c1ccc(F)cc1)SC(C)C2. The molecule has 6 nitrogen and oxygen atoms in total. The number of anilines is 1. The number of carbonyl (C=O) groups is 1. The van der Waals surface area contributed by atoms with Crippen molar-refractivity contribution < 1.29 is 13.9 Å². The topological polar surface area (TPSA) is 73.2 Å². The molecule has 1 N–H and O–H groups in total. The van der Waals surface area contributed by atoms with Gasteiger partial charge >= 0.3 is 0 Å². The molecular weight excluding hydrogens is 473 g/mol. The van der Waals surface area contributed by atoms with E-state index in [2.05, 4.69) is 10.3 Å². The predicted molar refractivity (Wildman–Crippen MR) is 126 cm³/mol. The fourth-order valence-electron chi connectivity index (χ4n) is 3.31. The summed E-state index contributed by atoms with van der Waals surface area (Å²) in [5.74, 6) is -0.218. The zero-order chi connectivity index (χ0) is 22.8. The third-order valence-corrected chi connectivity index (χ3v) is 7.12. The molecule has 166 valence electrons. The van der Waals surface area contributed by atoms with Gasteiger partial charge in [-0.3, -0.25) is 14.2 Å². The number of rotatable bonds is 6. The maximum Gasteiger partial charge on any atom is 0.272 e. The van der Waals surface area contributed by atoms with Crippen molar-refractivity contribution in [2.75, 3.05) is 18.2 Å². The highest BCUT2D eigenvalue weighted by molar-refractivity contribution is 8.00. The van der Waals surface area contributed by atoms with Crippen LogP contribution in [0.1, 0.15) is 12.6 Å². The number of amides is 1. The van der Waals surface area contributed by atoms with Crippen molar-refractivity contribution in [2.45, 2.75) is 28.6 Å². The lowest BCUT2D eigenvalue weighted by molar-refractivity contribution is -0.113. The van der Waals surface area contributed by atoms with E-state index in [-0.39, 0.29) is 22.5 Å². The van der Waals surface area contributed by atoms with Crippen LogP contribution in [0.3, 0.4) is 0 Å². The van der Waals surface area contributed by atoms with E-state index in [0.29, 0.717) is 38.6 Å². The molecule has 3 aromatic rings. The van der Waals surface area contributed by atoms with Crippen molar-refractivity contribution in [3.05, 3.63) is 69.4 Å². The van der Waals surface area contributed by atoms with E-state index >= 15 is 0 Å². The number of nitrogens with zero attached hydrogens (tertiary/aromatic N) is 2. The van der Waals surface area contributed by atoms with Gasteiger partial charge in [-0.25, -0.2) is 9.37 Å². The van der Waals surface area contributed by atoms with E-state index < -0.39 is 5.82 Å². The predicted octanol–water partition coefficient (Wildman–Crippen LogP) is 4.80. The largest absolute Gasteiger partial charge is 0.495 e. The number of nitrogens with one attached hydrogen (secondary N) is 1. The molecular formula is C22H19ClFN3O3S2. The van der Waals surface area contributed by atoms with Gasteiger partial charge in [-0.1, -0.05) is 30.3 Å². The molecule has 1 aliphatic heterocycles. The quantitative estimate of drug-likeness (QED) is 0.394. The highest BCUT2D eigenvalue weighted by Crippen LogP contribution is 2.35. The third-order valence-electron chi connectivity index (χ3n) is 4.73. The highest BCUT2D eigenvalue weighted by Gasteiger charge is 2.27. The molecule has 0 spiro atoms. The van der Waals surface area contributed by atoms with Crippen molar-refractivity contribution in [2.24, 2.45) is 0 Å². The minimum absolute atomic E-state index is 0.00475. The molecule has 2 aromatic carbocycles. The van der Waals surface area contributed by atoms with Crippen LogP contribution in [0.4, 0.5) is 10.1 Å². The minimum atomic E-state index is -0.400. The Bertz CT molecular complexity index is 1230. The number of methoxy groups -OCH3 is 1. The smallest absolute Gasteiger partial charge is 0.272 e. The number of hydrogen-bond donors (Lipinski definition) is 1. The molecule has 1 aliphatic rings. The molecule has 1 unspecified atom stereocenters. The van der Waals surface area contributed by atoms with Crippen molar-refractivity contribution >= 4 is 46.7 Å². The van der Waals surface area contributed by atoms with Crippen LogP contribution in [0.15, 0.2) is 57.3 Å². The van der Waals surface area contributed by atoms with Gasteiger partial charge < -0.3 is 10.1 Å². The summed E-state index contributed by atoms with van der Waals surface area (Å²) in [5.41, 5.74) is 1.46. The standard InChI is InChI=1S/C22H19ClFN3O3S2/c1-12-9-17-20(32-12)21(29)27(15-6-4-14(24)5-7-15)22(26-17)31-11-19(28)25-16-10-13(23)3-8-18(16)30-2/h3-8,10,12H,9,11H2,1-2H3,(H,25,28). The van der Waals surface area contributed by atoms with Crippen molar-refractivity contribution in [3.63, 3.8) is 0 Å². The van der Waals surface area contributed by atoms with Gasteiger partial charge in [0, 0.05) is 16.7 Å². The Kier molecular flexibility index (Phi) is 6.78. The first-order chi connectivity index (χ1) is 15.4. The summed E-state index contributed by atoms with van der Waals surface area (Å²) in [4.78, 5) is 31.1. The molecule has 1 aromatic heterocycles. The molecule has 1 amide bonds. The normalized spacial score (nSPS) is 14.8. The van der Waals surface area contributed by atoms with E-state index in [1.165, 1.54) is 47.7 Å². The Labute approximate surface area is 197 Å². The molecule has 0 aliphatic carbocycles. The van der Waals surface area contributed by atoms with Crippen LogP contribution in [-0.2, 0) is 11.2 Å². The molecule has 1 atom stereocenters. The lowest BCUT2D eigenvalue weighted by atomic mass is 10.2. The van der Waals surface area contributed by atoms with E-state index in [9.17, 15) is 14.0 Å². The fraction of sp³-hybridized carbons (Fsp3) is 0.227. The number of aromatic nitrogens is 2. The van der Waals surface area contributed by atoms with Crippen LogP contribution in [0.5, 0.6) is 5.75 Å². The summed E-state index contributed by atoms with van der Waals surface area (Å²) in [6, 6.07) is 10.6. The average molecular weight is 492 g/mol. The van der Waals surface area contributed by atoms with Crippen molar-refractivity contribution in [1.29, 1.82) is 0 Å². The minimum Gasteiger partial charge on any atom is -0.495 e. The Morgan fingerprint density at radius 3 is 2.81 bits per heavy atom. The summed E-state index contributed by atoms with van der Waals surface area (Å²) in [6.45, 7) is 2.03. The molecule has 0 fully saturated rings. The van der Waals surface area contributed by atoms with Gasteiger partial charge in [-0.2, -0.15) is 0 Å². The van der Waals surface area contributed by atoms with Crippen LogP contribution < -0.4 is 15.6 Å². The zero-order valence-corrected chi connectivity index (χ0v) is 19.6. The van der Waals surface area contributed by atoms with Crippen molar-refractivity contribution in [3.8, 4) is 11.4 Å². The molecule has 0 bridgehead atoms. The molecule has 0 radical (unpaired) electrons. The van der Waals surface area contributed by atoms with Gasteiger partial charge in [0.15, 0.2) is 5.16 Å². The number of carbonyl (C=O) groups excluding carboxylic acids is 1. The molecule has 10 heteroatoms. The van der Waals surface area contributed by atoms with Gasteiger partial charge in [0.1, 0.15) is 11.6 Å². The molecule has 32 heavy (non-hydrogen) atoms. The highest BCUT2D eigenvalue weighted by atomic mass is 35.5. The van der Waals surface area contributed by atoms with Crippen molar-refractivity contribution in [1.82, 2.24) is 9.55 Å². The summed E-state index contributed by atoms with van der Waals surface area (Å²) in [7, 11) is 1.50. The van der Waals surface area contributed by atoms with E-state index in [4.69, 9.17) is 16.3 Å². The number of halogens is 2. The number of fused-ring (bicyclic) bond motifs is 1. The first-order valence-electron chi connectivity index (χ1n) is 9.70. The summed E-state index contributed by atoms with van der Waals surface area (Å²) in [5, 5.41) is 3.86. The molecule has 2 heterocycles. The maximum atomic E-state index is 13.4. The lowest BCUT2D eigenvalue weighted by Crippen LogP contribution is -2.24. The number of thioether (sulfide) groups is 2. The average Bonchev–Trinajstić information content (AvgIpc) is 3.14. The second-order valence-corrected chi connectivity index (χ2v) is 9.93. The monoisotopic (exact) mass is 491 g/mol. The summed E-state index contributed by atoms with van der Waals surface area (Å²) in [6.07, 6.45) is 0.680. The first kappa shape index (κ1) is 22.7. The number of ether oxygens (including phenoxy) is 1. The first-order valence-corrected chi connectivity index (χ1v) is 11.9.